The van der Waals surface area contributed by atoms with Gasteiger partial charge in [-0.25, -0.2) is 4.98 Å². The van der Waals surface area contributed by atoms with E-state index < -0.39 is 11.7 Å². The van der Waals surface area contributed by atoms with Gasteiger partial charge in [0, 0.05) is 12.1 Å². The first-order valence-electron chi connectivity index (χ1n) is 4.44. The number of fused-ring (bicyclic) bond motifs is 1. The quantitative estimate of drug-likeness (QED) is 0.676. The van der Waals surface area contributed by atoms with Crippen LogP contribution in [0.4, 0.5) is 13.2 Å². The Balaban J connectivity index is 2.75. The lowest BCUT2D eigenvalue weighted by Gasteiger charge is -2.06. The van der Waals surface area contributed by atoms with Crippen LogP contribution >= 0.6 is 0 Å². The molecule has 2 aromatic rings. The van der Waals surface area contributed by atoms with E-state index in [1.807, 2.05) is 6.07 Å². The number of hydrogen-bond acceptors (Lipinski definition) is 1. The average molecular weight is 223 g/mol. The second-order valence-electron chi connectivity index (χ2n) is 3.26. The van der Waals surface area contributed by atoms with E-state index in [0.29, 0.717) is 5.52 Å². The van der Waals surface area contributed by atoms with E-state index in [9.17, 15) is 13.2 Å². The number of aromatic amines is 1. The van der Waals surface area contributed by atoms with Gasteiger partial charge in [-0.3, -0.25) is 0 Å². The van der Waals surface area contributed by atoms with Crippen molar-refractivity contribution in [1.29, 1.82) is 5.26 Å². The molecule has 0 amide bonds. The molecule has 0 bridgehead atoms. The van der Waals surface area contributed by atoms with E-state index in [4.69, 9.17) is 5.26 Å². The van der Waals surface area contributed by atoms with E-state index in [-0.39, 0.29) is 10.9 Å². The molecule has 0 radical (unpaired) electrons. The summed E-state index contributed by atoms with van der Waals surface area (Å²) in [5.74, 6) is 0. The monoisotopic (exact) mass is 223 g/mol. The molecule has 2 nitrogen and oxygen atoms in total. The van der Waals surface area contributed by atoms with Crippen molar-refractivity contribution in [3.05, 3.63) is 41.6 Å². The van der Waals surface area contributed by atoms with Crippen molar-refractivity contribution in [1.82, 2.24) is 0 Å². The van der Waals surface area contributed by atoms with Gasteiger partial charge in [-0.15, -0.1) is 0 Å². The highest BCUT2D eigenvalue weighted by Gasteiger charge is 2.31. The topological polar surface area (TPSA) is 37.9 Å². The number of nitrogens with one attached hydrogen (secondary N) is 1. The number of nitrogens with zero attached hydrogens (tertiary/aromatic N) is 1. The standard InChI is InChI=1S/C11H5F3N2/c12-11(13,14)8-1-2-10-9(5-8)7(6-15)3-4-16-10/h1-5H/p+1. The van der Waals surface area contributed by atoms with Crippen LogP contribution in [0.2, 0.25) is 0 Å². The third-order valence-electron chi connectivity index (χ3n) is 2.25. The molecular formula is C11H6F3N2+. The van der Waals surface area contributed by atoms with Crippen LogP contribution in [0.3, 0.4) is 0 Å². The molecule has 1 N–H and O–H groups in total. The second-order valence-corrected chi connectivity index (χ2v) is 3.26. The highest BCUT2D eigenvalue weighted by molar-refractivity contribution is 5.82. The van der Waals surface area contributed by atoms with Crippen molar-refractivity contribution in [2.24, 2.45) is 0 Å². The molecule has 0 fully saturated rings. The van der Waals surface area contributed by atoms with Crippen molar-refractivity contribution in [3.8, 4) is 6.07 Å². The fraction of sp³-hybridized carbons (Fsp3) is 0.0909. The van der Waals surface area contributed by atoms with Crippen LogP contribution in [0.15, 0.2) is 30.5 Å². The van der Waals surface area contributed by atoms with Gasteiger partial charge in [0.2, 0.25) is 5.52 Å². The zero-order valence-corrected chi connectivity index (χ0v) is 7.97. The van der Waals surface area contributed by atoms with Gasteiger partial charge in [0.25, 0.3) is 0 Å². The second kappa shape index (κ2) is 3.49. The molecular weight excluding hydrogens is 217 g/mol. The Morgan fingerprint density at radius 1 is 1.19 bits per heavy atom. The predicted molar refractivity (Wildman–Crippen MR) is 50.2 cm³/mol. The van der Waals surface area contributed by atoms with Crippen LogP contribution in [0.1, 0.15) is 11.1 Å². The molecule has 1 heterocycles. The lowest BCUT2D eigenvalue weighted by atomic mass is 10.1. The van der Waals surface area contributed by atoms with E-state index in [0.717, 1.165) is 12.1 Å². The number of rotatable bonds is 0. The number of halogens is 3. The van der Waals surface area contributed by atoms with E-state index in [1.165, 1.54) is 18.3 Å². The molecule has 0 saturated heterocycles. The molecule has 16 heavy (non-hydrogen) atoms. The van der Waals surface area contributed by atoms with E-state index >= 15 is 0 Å². The number of benzene rings is 1. The average Bonchev–Trinajstić information content (AvgIpc) is 2.26. The molecule has 1 aromatic heterocycles. The zero-order chi connectivity index (χ0) is 11.8. The molecule has 0 spiro atoms. The predicted octanol–water partition coefficient (Wildman–Crippen LogP) is 2.54. The maximum atomic E-state index is 12.5. The van der Waals surface area contributed by atoms with Gasteiger partial charge in [-0.05, 0) is 12.1 Å². The largest absolute Gasteiger partial charge is 0.416 e. The van der Waals surface area contributed by atoms with Crippen LogP contribution in [-0.2, 0) is 6.18 Å². The summed E-state index contributed by atoms with van der Waals surface area (Å²) < 4.78 is 37.4. The fourth-order valence-electron chi connectivity index (χ4n) is 1.47. The van der Waals surface area contributed by atoms with Crippen molar-refractivity contribution in [2.45, 2.75) is 6.18 Å². The Labute approximate surface area is 89.0 Å². The van der Waals surface area contributed by atoms with E-state index in [1.54, 1.807) is 0 Å². The number of hydrogen-bond donors (Lipinski definition) is 0. The Morgan fingerprint density at radius 2 is 1.94 bits per heavy atom. The third kappa shape index (κ3) is 1.70. The number of aromatic nitrogens is 1. The summed E-state index contributed by atoms with van der Waals surface area (Å²) in [6.45, 7) is 0. The number of nitriles is 1. The van der Waals surface area contributed by atoms with Gasteiger partial charge < -0.3 is 0 Å². The zero-order valence-electron chi connectivity index (χ0n) is 7.97. The van der Waals surface area contributed by atoms with Gasteiger partial charge >= 0.3 is 6.18 Å². The lowest BCUT2D eigenvalue weighted by molar-refractivity contribution is -0.344. The minimum absolute atomic E-state index is 0.222. The minimum Gasteiger partial charge on any atom is -0.211 e. The van der Waals surface area contributed by atoms with Crippen molar-refractivity contribution >= 4 is 10.9 Å². The molecule has 80 valence electrons. The molecule has 1 aromatic carbocycles. The first-order chi connectivity index (χ1) is 7.52. The van der Waals surface area contributed by atoms with Crippen molar-refractivity contribution in [3.63, 3.8) is 0 Å². The molecule has 0 unspecified atom stereocenters. The van der Waals surface area contributed by atoms with Gasteiger partial charge in [-0.1, -0.05) is 0 Å². The Hall–Kier alpha value is -2.09. The Morgan fingerprint density at radius 3 is 2.56 bits per heavy atom. The highest BCUT2D eigenvalue weighted by atomic mass is 19.4. The summed E-state index contributed by atoms with van der Waals surface area (Å²) in [4.78, 5) is 2.79. The SMILES string of the molecule is N#Cc1cc[nH+]c2ccc(C(F)(F)F)cc12. The summed E-state index contributed by atoms with van der Waals surface area (Å²) in [6, 6.07) is 6.59. The van der Waals surface area contributed by atoms with Gasteiger partial charge in [0.15, 0.2) is 6.20 Å². The Bertz CT molecular complexity index is 582. The summed E-state index contributed by atoms with van der Waals surface area (Å²) >= 11 is 0. The van der Waals surface area contributed by atoms with Gasteiger partial charge in [-0.2, -0.15) is 18.4 Å². The molecule has 0 aliphatic rings. The molecule has 5 heteroatoms. The first kappa shape index (κ1) is 10.4. The van der Waals surface area contributed by atoms with Crippen molar-refractivity contribution in [2.75, 3.05) is 0 Å². The minimum atomic E-state index is -4.39. The van der Waals surface area contributed by atoms with E-state index in [2.05, 4.69) is 4.98 Å². The summed E-state index contributed by atoms with van der Waals surface area (Å²) in [7, 11) is 0. The molecule has 0 aliphatic carbocycles. The molecule has 2 rings (SSSR count). The van der Waals surface area contributed by atoms with Crippen LogP contribution < -0.4 is 4.98 Å². The summed E-state index contributed by atoms with van der Waals surface area (Å²) in [5.41, 5.74) is -0.0250. The van der Waals surface area contributed by atoms with Gasteiger partial charge in [0.05, 0.1) is 16.5 Å². The van der Waals surface area contributed by atoms with Crippen LogP contribution in [0.25, 0.3) is 10.9 Å². The summed E-state index contributed by atoms with van der Waals surface area (Å²) in [6.07, 6.45) is -2.87. The molecule has 0 saturated carbocycles. The smallest absolute Gasteiger partial charge is 0.211 e. The maximum absolute atomic E-state index is 12.5. The highest BCUT2D eigenvalue weighted by Crippen LogP contribution is 2.31. The number of H-pyrrole nitrogens is 1. The van der Waals surface area contributed by atoms with Crippen LogP contribution in [0.5, 0.6) is 0 Å². The van der Waals surface area contributed by atoms with Gasteiger partial charge in [0.1, 0.15) is 6.07 Å². The van der Waals surface area contributed by atoms with Crippen LogP contribution in [-0.4, -0.2) is 0 Å². The third-order valence-corrected chi connectivity index (χ3v) is 2.25. The lowest BCUT2D eigenvalue weighted by Crippen LogP contribution is -2.08. The summed E-state index contributed by atoms with van der Waals surface area (Å²) in [5, 5.41) is 9.06. The maximum Gasteiger partial charge on any atom is 0.416 e. The molecule has 0 aliphatic heterocycles. The number of alkyl halides is 3. The van der Waals surface area contributed by atoms with Crippen LogP contribution in [0, 0.1) is 11.3 Å². The first-order valence-corrected chi connectivity index (χ1v) is 4.44. The number of pyridine rings is 1. The van der Waals surface area contributed by atoms with Crippen molar-refractivity contribution < 1.29 is 18.2 Å². The molecule has 0 atom stereocenters. The fourth-order valence-corrected chi connectivity index (χ4v) is 1.47. The normalized spacial score (nSPS) is 11.4. The Kier molecular flexibility index (Phi) is 2.27.